The van der Waals surface area contributed by atoms with Crippen LogP contribution in [0.5, 0.6) is 0 Å². The van der Waals surface area contributed by atoms with Crippen LogP contribution in [-0.4, -0.2) is 11.7 Å². The first-order valence-electron chi connectivity index (χ1n) is 9.42. The van der Waals surface area contributed by atoms with Crippen molar-refractivity contribution >= 4 is 35.0 Å². The highest BCUT2D eigenvalue weighted by molar-refractivity contribution is 8.03. The zero-order valence-electron chi connectivity index (χ0n) is 16.1. The largest absolute Gasteiger partial charge is 0.384 e. The Morgan fingerprint density at radius 3 is 2.62 bits per heavy atom. The third-order valence-electron chi connectivity index (χ3n) is 5.45. The second kappa shape index (κ2) is 8.82. The number of amides is 1. The smallest absolute Gasteiger partial charge is 0.234 e. The first-order chi connectivity index (χ1) is 13.9. The summed E-state index contributed by atoms with van der Waals surface area (Å²) in [6, 6.07) is 9.82. The molecular formula is C21H22ClN5OS. The minimum atomic E-state index is -0.639. The van der Waals surface area contributed by atoms with Gasteiger partial charge in [-0.1, -0.05) is 48.7 Å². The second-order valence-corrected chi connectivity index (χ2v) is 8.70. The second-order valence-electron chi connectivity index (χ2n) is 7.28. The van der Waals surface area contributed by atoms with Gasteiger partial charge in [0.15, 0.2) is 0 Å². The maximum atomic E-state index is 12.5. The van der Waals surface area contributed by atoms with Crippen molar-refractivity contribution in [3.05, 3.63) is 50.8 Å². The van der Waals surface area contributed by atoms with Gasteiger partial charge < -0.3 is 16.4 Å². The summed E-state index contributed by atoms with van der Waals surface area (Å²) in [5, 5.41) is 26.5. The fourth-order valence-corrected chi connectivity index (χ4v) is 5.08. The molecule has 0 aromatic heterocycles. The van der Waals surface area contributed by atoms with Crippen LogP contribution >= 0.6 is 23.4 Å². The molecule has 1 aromatic rings. The number of allylic oxidation sites excluding steroid dienone is 2. The van der Waals surface area contributed by atoms with Crippen molar-refractivity contribution in [2.24, 2.45) is 11.1 Å². The van der Waals surface area contributed by atoms with E-state index in [1.807, 2.05) is 13.0 Å². The zero-order chi connectivity index (χ0) is 21.0. The number of nitriles is 2. The molecule has 1 amide bonds. The Kier molecular flexibility index (Phi) is 6.42. The first-order valence-corrected chi connectivity index (χ1v) is 10.8. The molecule has 4 N–H and O–H groups in total. The summed E-state index contributed by atoms with van der Waals surface area (Å²) in [7, 11) is 0. The number of carbonyl (C=O) groups excluding carboxylic acids is 1. The Balaban J connectivity index is 1.80. The summed E-state index contributed by atoms with van der Waals surface area (Å²) in [4.78, 5) is 12.5. The highest BCUT2D eigenvalue weighted by Gasteiger charge is 2.45. The lowest BCUT2D eigenvalue weighted by molar-refractivity contribution is -0.113. The molecule has 0 saturated heterocycles. The van der Waals surface area contributed by atoms with Gasteiger partial charge >= 0.3 is 0 Å². The highest BCUT2D eigenvalue weighted by atomic mass is 35.5. The predicted molar refractivity (Wildman–Crippen MR) is 115 cm³/mol. The van der Waals surface area contributed by atoms with Crippen molar-refractivity contribution < 1.29 is 4.79 Å². The summed E-state index contributed by atoms with van der Waals surface area (Å²) in [6.07, 6.45) is 4.40. The Bertz CT molecular complexity index is 980. The number of hydrogen-bond donors (Lipinski definition) is 3. The third kappa shape index (κ3) is 4.22. The summed E-state index contributed by atoms with van der Waals surface area (Å²) in [5.41, 5.74) is 8.02. The molecule has 0 bridgehead atoms. The molecule has 1 heterocycles. The van der Waals surface area contributed by atoms with Crippen molar-refractivity contribution in [1.29, 1.82) is 10.5 Å². The van der Waals surface area contributed by atoms with E-state index in [-0.39, 0.29) is 17.5 Å². The van der Waals surface area contributed by atoms with E-state index < -0.39 is 5.41 Å². The lowest BCUT2D eigenvalue weighted by Gasteiger charge is -2.40. The topological polar surface area (TPSA) is 115 Å². The number of thioether (sulfide) groups is 1. The number of anilines is 1. The van der Waals surface area contributed by atoms with Crippen molar-refractivity contribution in [1.82, 2.24) is 5.32 Å². The quantitative estimate of drug-likeness (QED) is 0.659. The number of aryl methyl sites for hydroxylation is 1. The van der Waals surface area contributed by atoms with Gasteiger partial charge in [0.05, 0.1) is 34.1 Å². The van der Waals surface area contributed by atoms with Gasteiger partial charge in [-0.2, -0.15) is 10.5 Å². The van der Waals surface area contributed by atoms with E-state index in [0.717, 1.165) is 37.7 Å². The number of dihydropyridines is 1. The van der Waals surface area contributed by atoms with Gasteiger partial charge in [-0.3, -0.25) is 4.79 Å². The van der Waals surface area contributed by atoms with Crippen LogP contribution in [0.3, 0.4) is 0 Å². The number of nitrogens with zero attached hydrogens (tertiary/aromatic N) is 2. The van der Waals surface area contributed by atoms with Crippen LogP contribution in [0.2, 0.25) is 5.02 Å². The molecule has 1 spiro atoms. The molecule has 150 valence electrons. The van der Waals surface area contributed by atoms with Crippen LogP contribution in [0.15, 0.2) is 40.2 Å². The van der Waals surface area contributed by atoms with Crippen LogP contribution in [0.25, 0.3) is 0 Å². The van der Waals surface area contributed by atoms with Gasteiger partial charge in [0.1, 0.15) is 5.82 Å². The SMILES string of the molecule is Cc1ccc(Cl)cc1NC(=O)CSC1=C(C#N)C2(CCCCC2)C(C#N)=C(N)N1. The van der Waals surface area contributed by atoms with E-state index in [0.29, 0.717) is 26.9 Å². The Labute approximate surface area is 179 Å². The number of hydrogen-bond acceptors (Lipinski definition) is 6. The molecule has 1 aliphatic carbocycles. The monoisotopic (exact) mass is 427 g/mol. The summed E-state index contributed by atoms with van der Waals surface area (Å²) < 4.78 is 0. The molecule has 2 aliphatic rings. The minimum absolute atomic E-state index is 0.102. The number of nitrogens with one attached hydrogen (secondary N) is 2. The van der Waals surface area contributed by atoms with Gasteiger partial charge in [-0.25, -0.2) is 0 Å². The van der Waals surface area contributed by atoms with E-state index >= 15 is 0 Å². The van der Waals surface area contributed by atoms with Crippen LogP contribution in [0.1, 0.15) is 37.7 Å². The normalized spacial score (nSPS) is 18.1. The van der Waals surface area contributed by atoms with Crippen LogP contribution in [0, 0.1) is 35.0 Å². The molecule has 3 rings (SSSR count). The highest BCUT2D eigenvalue weighted by Crippen LogP contribution is 2.51. The van der Waals surface area contributed by atoms with E-state index in [4.69, 9.17) is 17.3 Å². The van der Waals surface area contributed by atoms with Gasteiger partial charge in [-0.15, -0.1) is 0 Å². The zero-order valence-corrected chi connectivity index (χ0v) is 17.7. The van der Waals surface area contributed by atoms with E-state index in [1.54, 1.807) is 12.1 Å². The molecule has 1 saturated carbocycles. The third-order valence-corrected chi connectivity index (χ3v) is 6.69. The first kappa shape index (κ1) is 21.1. The van der Waals surface area contributed by atoms with E-state index in [9.17, 15) is 15.3 Å². The fourth-order valence-electron chi connectivity index (χ4n) is 3.99. The van der Waals surface area contributed by atoms with E-state index in [1.165, 1.54) is 11.8 Å². The predicted octanol–water partition coefficient (Wildman–Crippen LogP) is 4.30. The average Bonchev–Trinajstić information content (AvgIpc) is 2.70. The standard InChI is InChI=1S/C21H22ClN5OS/c1-13-5-6-14(22)9-17(13)26-18(28)12-29-20-16(11-24)21(7-3-2-4-8-21)15(10-23)19(25)27-20/h5-6,9,27H,2-4,7-8,12,25H2,1H3,(H,26,28). The fraction of sp³-hybridized carbons (Fsp3) is 0.381. The van der Waals surface area contributed by atoms with Crippen molar-refractivity contribution in [2.45, 2.75) is 39.0 Å². The lowest BCUT2D eigenvalue weighted by atomic mass is 9.64. The molecular weight excluding hydrogens is 406 g/mol. The van der Waals surface area contributed by atoms with Crippen LogP contribution in [0.4, 0.5) is 5.69 Å². The van der Waals surface area contributed by atoms with E-state index in [2.05, 4.69) is 22.8 Å². The molecule has 1 aliphatic heterocycles. The van der Waals surface area contributed by atoms with Crippen molar-refractivity contribution in [2.75, 3.05) is 11.1 Å². The van der Waals surface area contributed by atoms with Crippen molar-refractivity contribution in [3.8, 4) is 12.1 Å². The van der Waals surface area contributed by atoms with Crippen molar-refractivity contribution in [3.63, 3.8) is 0 Å². The summed E-state index contributed by atoms with van der Waals surface area (Å²) in [6.45, 7) is 1.89. The molecule has 8 heteroatoms. The number of rotatable bonds is 4. The number of nitrogens with two attached hydrogens (primary N) is 1. The maximum absolute atomic E-state index is 12.5. The molecule has 29 heavy (non-hydrogen) atoms. The van der Waals surface area contributed by atoms with Gasteiger partial charge in [0.25, 0.3) is 0 Å². The maximum Gasteiger partial charge on any atom is 0.234 e. The molecule has 0 unspecified atom stereocenters. The van der Waals surface area contributed by atoms with Crippen LogP contribution < -0.4 is 16.4 Å². The molecule has 1 fully saturated rings. The molecule has 0 radical (unpaired) electrons. The lowest BCUT2D eigenvalue weighted by Crippen LogP contribution is -2.39. The average molecular weight is 428 g/mol. The molecule has 1 aromatic carbocycles. The van der Waals surface area contributed by atoms with Gasteiger partial charge in [-0.05, 0) is 37.5 Å². The number of benzene rings is 1. The Morgan fingerprint density at radius 1 is 1.28 bits per heavy atom. The number of carbonyl (C=O) groups is 1. The summed E-state index contributed by atoms with van der Waals surface area (Å²) in [5.74, 6) is 0.172. The van der Waals surface area contributed by atoms with Gasteiger partial charge in [0, 0.05) is 16.1 Å². The number of halogens is 1. The molecule has 0 atom stereocenters. The molecule has 6 nitrogen and oxygen atoms in total. The Hall–Kier alpha value is -2.61. The van der Waals surface area contributed by atoms with Gasteiger partial charge in [0.2, 0.25) is 5.91 Å². The summed E-state index contributed by atoms with van der Waals surface area (Å²) >= 11 is 7.24. The van der Waals surface area contributed by atoms with Crippen LogP contribution in [-0.2, 0) is 4.79 Å². The Morgan fingerprint density at radius 2 is 1.97 bits per heavy atom. The minimum Gasteiger partial charge on any atom is -0.384 e.